The fraction of sp³-hybridized carbons (Fsp3) is 0.619. The minimum Gasteiger partial charge on any atom is -0.493 e. The molecular formula is C21H32N2O4. The molecule has 150 valence electrons. The summed E-state index contributed by atoms with van der Waals surface area (Å²) in [6, 6.07) is 5.34. The average molecular weight is 376 g/mol. The Kier molecular flexibility index (Phi) is 8.43. The first kappa shape index (κ1) is 21.1. The number of rotatable bonds is 9. The molecule has 1 fully saturated rings. The van der Waals surface area contributed by atoms with E-state index in [9.17, 15) is 9.59 Å². The van der Waals surface area contributed by atoms with Crippen LogP contribution >= 0.6 is 0 Å². The molecule has 1 aromatic carbocycles. The van der Waals surface area contributed by atoms with Gasteiger partial charge in [-0.1, -0.05) is 26.2 Å². The smallest absolute Gasteiger partial charge is 0.253 e. The third-order valence-corrected chi connectivity index (χ3v) is 5.07. The highest BCUT2D eigenvalue weighted by molar-refractivity contribution is 5.95. The number of ether oxygens (including phenoxy) is 2. The lowest BCUT2D eigenvalue weighted by atomic mass is 9.95. The average Bonchev–Trinajstić information content (AvgIpc) is 2.72. The summed E-state index contributed by atoms with van der Waals surface area (Å²) in [5.74, 6) is 1.28. The van der Waals surface area contributed by atoms with Gasteiger partial charge >= 0.3 is 0 Å². The number of hydrogen-bond acceptors (Lipinski definition) is 4. The third-order valence-electron chi connectivity index (χ3n) is 5.07. The van der Waals surface area contributed by atoms with Crippen molar-refractivity contribution in [3.63, 3.8) is 0 Å². The van der Waals surface area contributed by atoms with Gasteiger partial charge in [-0.05, 0) is 37.5 Å². The number of amides is 2. The van der Waals surface area contributed by atoms with Crippen molar-refractivity contribution >= 4 is 11.8 Å². The highest BCUT2D eigenvalue weighted by Gasteiger charge is 2.27. The monoisotopic (exact) mass is 376 g/mol. The van der Waals surface area contributed by atoms with Crippen molar-refractivity contribution in [1.29, 1.82) is 0 Å². The summed E-state index contributed by atoms with van der Waals surface area (Å²) in [5.41, 5.74) is 0.587. The molecule has 27 heavy (non-hydrogen) atoms. The van der Waals surface area contributed by atoms with Crippen LogP contribution < -0.4 is 14.8 Å². The van der Waals surface area contributed by atoms with Gasteiger partial charge in [-0.15, -0.1) is 0 Å². The Morgan fingerprint density at radius 1 is 1.15 bits per heavy atom. The van der Waals surface area contributed by atoms with Crippen LogP contribution in [0.4, 0.5) is 0 Å². The molecule has 0 saturated carbocycles. The van der Waals surface area contributed by atoms with Crippen molar-refractivity contribution in [1.82, 2.24) is 10.2 Å². The second-order valence-electron chi connectivity index (χ2n) is 6.96. The number of hydrogen-bond donors (Lipinski definition) is 1. The Hall–Kier alpha value is -2.24. The molecule has 1 heterocycles. The van der Waals surface area contributed by atoms with Gasteiger partial charge in [0.2, 0.25) is 5.91 Å². The van der Waals surface area contributed by atoms with E-state index in [0.717, 1.165) is 12.8 Å². The Labute approximate surface area is 162 Å². The van der Waals surface area contributed by atoms with Gasteiger partial charge in [-0.2, -0.15) is 0 Å². The van der Waals surface area contributed by atoms with Crippen LogP contribution in [0.1, 0.15) is 55.8 Å². The maximum atomic E-state index is 12.8. The van der Waals surface area contributed by atoms with E-state index in [1.807, 2.05) is 6.07 Å². The molecule has 1 N–H and O–H groups in total. The topological polar surface area (TPSA) is 67.9 Å². The van der Waals surface area contributed by atoms with Gasteiger partial charge in [-0.3, -0.25) is 9.59 Å². The van der Waals surface area contributed by atoms with E-state index in [1.54, 1.807) is 31.2 Å². The molecule has 0 bridgehead atoms. The van der Waals surface area contributed by atoms with Crippen LogP contribution in [0.15, 0.2) is 18.2 Å². The van der Waals surface area contributed by atoms with Crippen molar-refractivity contribution in [2.24, 2.45) is 5.92 Å². The maximum absolute atomic E-state index is 12.8. The molecular weight excluding hydrogens is 344 g/mol. The van der Waals surface area contributed by atoms with E-state index in [2.05, 4.69) is 12.2 Å². The SMILES string of the molecule is CCCCCCOc1ccc(C(=O)N2CCC(C(=O)NC)CC2)cc1OC. The second-order valence-corrected chi connectivity index (χ2v) is 6.96. The molecule has 2 amide bonds. The molecule has 0 spiro atoms. The molecule has 6 nitrogen and oxygen atoms in total. The van der Waals surface area contributed by atoms with Gasteiger partial charge in [0.25, 0.3) is 5.91 Å². The van der Waals surface area contributed by atoms with E-state index in [-0.39, 0.29) is 17.7 Å². The van der Waals surface area contributed by atoms with Crippen LogP contribution in [0.25, 0.3) is 0 Å². The summed E-state index contributed by atoms with van der Waals surface area (Å²) < 4.78 is 11.2. The number of nitrogens with one attached hydrogen (secondary N) is 1. The zero-order valence-corrected chi connectivity index (χ0v) is 16.8. The van der Waals surface area contributed by atoms with Gasteiger partial charge in [0.05, 0.1) is 13.7 Å². The van der Waals surface area contributed by atoms with Gasteiger partial charge in [-0.25, -0.2) is 0 Å². The molecule has 0 radical (unpaired) electrons. The Morgan fingerprint density at radius 2 is 1.89 bits per heavy atom. The van der Waals surface area contributed by atoms with E-state index in [0.29, 0.717) is 49.6 Å². The van der Waals surface area contributed by atoms with Crippen LogP contribution in [-0.2, 0) is 4.79 Å². The molecule has 1 saturated heterocycles. The van der Waals surface area contributed by atoms with Gasteiger partial charge in [0.1, 0.15) is 0 Å². The molecule has 6 heteroatoms. The molecule has 0 atom stereocenters. The fourth-order valence-electron chi connectivity index (χ4n) is 3.36. The van der Waals surface area contributed by atoms with Crippen molar-refractivity contribution in [3.8, 4) is 11.5 Å². The predicted octanol–water partition coefficient (Wildman–Crippen LogP) is 3.25. The summed E-state index contributed by atoms with van der Waals surface area (Å²) in [6.45, 7) is 4.02. The minimum atomic E-state index is -0.0295. The van der Waals surface area contributed by atoms with Crippen LogP contribution in [0.2, 0.25) is 0 Å². The van der Waals surface area contributed by atoms with Crippen LogP contribution in [0.3, 0.4) is 0 Å². The summed E-state index contributed by atoms with van der Waals surface area (Å²) >= 11 is 0. The lowest BCUT2D eigenvalue weighted by molar-refractivity contribution is -0.125. The van der Waals surface area contributed by atoms with Crippen LogP contribution in [-0.4, -0.2) is 50.6 Å². The van der Waals surface area contributed by atoms with Crippen molar-refractivity contribution in [2.45, 2.75) is 45.4 Å². The van der Waals surface area contributed by atoms with E-state index >= 15 is 0 Å². The minimum absolute atomic E-state index is 0.00271. The lowest BCUT2D eigenvalue weighted by Gasteiger charge is -2.31. The molecule has 1 aliphatic heterocycles. The quantitative estimate of drug-likeness (QED) is 0.672. The molecule has 2 rings (SSSR count). The summed E-state index contributed by atoms with van der Waals surface area (Å²) in [5, 5.41) is 2.69. The molecule has 1 aromatic rings. The lowest BCUT2D eigenvalue weighted by Crippen LogP contribution is -2.42. The van der Waals surface area contributed by atoms with Crippen molar-refractivity contribution in [3.05, 3.63) is 23.8 Å². The highest BCUT2D eigenvalue weighted by atomic mass is 16.5. The van der Waals surface area contributed by atoms with E-state index < -0.39 is 0 Å². The first-order valence-corrected chi connectivity index (χ1v) is 9.92. The first-order chi connectivity index (χ1) is 13.1. The van der Waals surface area contributed by atoms with Crippen molar-refractivity contribution in [2.75, 3.05) is 33.9 Å². The van der Waals surface area contributed by atoms with Crippen LogP contribution in [0, 0.1) is 5.92 Å². The largest absolute Gasteiger partial charge is 0.493 e. The van der Waals surface area contributed by atoms with E-state index in [4.69, 9.17) is 9.47 Å². The molecule has 0 aromatic heterocycles. The van der Waals surface area contributed by atoms with Gasteiger partial charge in [0, 0.05) is 31.6 Å². The first-order valence-electron chi connectivity index (χ1n) is 9.92. The Morgan fingerprint density at radius 3 is 2.52 bits per heavy atom. The Bertz CT molecular complexity index is 625. The predicted molar refractivity (Wildman–Crippen MR) is 105 cm³/mol. The number of unbranched alkanes of at least 4 members (excludes halogenated alkanes) is 3. The number of benzene rings is 1. The normalized spacial score (nSPS) is 14.7. The fourth-order valence-corrected chi connectivity index (χ4v) is 3.36. The van der Waals surface area contributed by atoms with Gasteiger partial charge in [0.15, 0.2) is 11.5 Å². The number of methoxy groups -OCH3 is 1. The standard InChI is InChI=1S/C21H32N2O4/c1-4-5-6-7-14-27-18-9-8-17(15-19(18)26-3)21(25)23-12-10-16(11-13-23)20(24)22-2/h8-9,15-16H,4-7,10-14H2,1-3H3,(H,22,24). The second kappa shape index (κ2) is 10.8. The number of carbonyl (C=O) groups is 2. The summed E-state index contributed by atoms with van der Waals surface area (Å²) in [7, 11) is 3.24. The zero-order valence-electron chi connectivity index (χ0n) is 16.8. The summed E-state index contributed by atoms with van der Waals surface area (Å²) in [6.07, 6.45) is 5.97. The third kappa shape index (κ3) is 5.88. The Balaban J connectivity index is 1.94. The molecule has 1 aliphatic rings. The number of piperidine rings is 1. The number of nitrogens with zero attached hydrogens (tertiary/aromatic N) is 1. The van der Waals surface area contributed by atoms with Gasteiger partial charge < -0.3 is 19.7 Å². The highest BCUT2D eigenvalue weighted by Crippen LogP contribution is 2.29. The summed E-state index contributed by atoms with van der Waals surface area (Å²) in [4.78, 5) is 26.3. The number of likely N-dealkylation sites (tertiary alicyclic amines) is 1. The molecule has 0 unspecified atom stereocenters. The van der Waals surface area contributed by atoms with Crippen molar-refractivity contribution < 1.29 is 19.1 Å². The maximum Gasteiger partial charge on any atom is 0.253 e. The number of carbonyl (C=O) groups excluding carboxylic acids is 2. The van der Waals surface area contributed by atoms with Crippen LogP contribution in [0.5, 0.6) is 11.5 Å². The zero-order chi connectivity index (χ0) is 19.6. The molecule has 0 aliphatic carbocycles. The van der Waals surface area contributed by atoms with E-state index in [1.165, 1.54) is 12.8 Å².